The quantitative estimate of drug-likeness (QED) is 0.442. The first-order chi connectivity index (χ1) is 17.9. The molecule has 1 fully saturated rings. The molecule has 1 atom stereocenters. The SMILES string of the molecule is COc1cc(Nc2nccc(N3CCCC(C(=O)NCc4ccc(F)c(F)c4)C3)n2)cc(OC)c1OC. The molecular formula is C26H29F2N5O4. The molecule has 0 radical (unpaired) electrons. The van der Waals surface area contributed by atoms with Crippen LogP contribution >= 0.6 is 0 Å². The minimum atomic E-state index is -0.935. The van der Waals surface area contributed by atoms with Gasteiger partial charge >= 0.3 is 0 Å². The van der Waals surface area contributed by atoms with Gasteiger partial charge in [0.25, 0.3) is 0 Å². The number of amides is 1. The molecule has 1 aromatic heterocycles. The van der Waals surface area contributed by atoms with E-state index in [0.717, 1.165) is 31.5 Å². The summed E-state index contributed by atoms with van der Waals surface area (Å²) < 4.78 is 42.8. The molecule has 3 aromatic rings. The van der Waals surface area contributed by atoms with E-state index >= 15 is 0 Å². The number of hydrogen-bond donors (Lipinski definition) is 2. The number of carbonyl (C=O) groups excluding carboxylic acids is 1. The highest BCUT2D eigenvalue weighted by Crippen LogP contribution is 2.40. The minimum absolute atomic E-state index is 0.128. The third-order valence-electron chi connectivity index (χ3n) is 6.13. The van der Waals surface area contributed by atoms with Crippen LogP contribution in [0, 0.1) is 17.6 Å². The molecular weight excluding hydrogens is 484 g/mol. The van der Waals surface area contributed by atoms with Gasteiger partial charge in [0.2, 0.25) is 17.6 Å². The lowest BCUT2D eigenvalue weighted by atomic mass is 9.97. The first-order valence-electron chi connectivity index (χ1n) is 11.8. The van der Waals surface area contributed by atoms with Gasteiger partial charge < -0.3 is 29.7 Å². The molecule has 11 heteroatoms. The number of ether oxygens (including phenoxy) is 3. The number of aromatic nitrogens is 2. The minimum Gasteiger partial charge on any atom is -0.493 e. The van der Waals surface area contributed by atoms with E-state index < -0.39 is 11.6 Å². The number of anilines is 3. The Kier molecular flexibility index (Phi) is 8.22. The Balaban J connectivity index is 1.42. The van der Waals surface area contributed by atoms with Gasteiger partial charge in [0.05, 0.1) is 27.2 Å². The maximum absolute atomic E-state index is 13.4. The highest BCUT2D eigenvalue weighted by Gasteiger charge is 2.27. The fourth-order valence-electron chi connectivity index (χ4n) is 4.25. The second kappa shape index (κ2) is 11.7. The number of methoxy groups -OCH3 is 3. The van der Waals surface area contributed by atoms with Crippen LogP contribution in [0.5, 0.6) is 17.2 Å². The van der Waals surface area contributed by atoms with Crippen LogP contribution < -0.4 is 29.7 Å². The van der Waals surface area contributed by atoms with Gasteiger partial charge in [0, 0.05) is 43.7 Å². The van der Waals surface area contributed by atoms with Crippen LogP contribution in [0.15, 0.2) is 42.6 Å². The molecule has 1 aliphatic heterocycles. The molecule has 2 N–H and O–H groups in total. The van der Waals surface area contributed by atoms with E-state index in [1.165, 1.54) is 13.2 Å². The maximum Gasteiger partial charge on any atom is 0.229 e. The van der Waals surface area contributed by atoms with E-state index in [2.05, 4.69) is 20.6 Å². The number of hydrogen-bond acceptors (Lipinski definition) is 8. The summed E-state index contributed by atoms with van der Waals surface area (Å²) >= 11 is 0. The molecule has 0 saturated carbocycles. The fourth-order valence-corrected chi connectivity index (χ4v) is 4.25. The summed E-state index contributed by atoms with van der Waals surface area (Å²) in [5.41, 5.74) is 1.15. The average molecular weight is 514 g/mol. The third kappa shape index (κ3) is 6.16. The van der Waals surface area contributed by atoms with Gasteiger partial charge in [-0.05, 0) is 36.6 Å². The number of benzene rings is 2. The molecule has 1 unspecified atom stereocenters. The van der Waals surface area contributed by atoms with Gasteiger partial charge in [0.1, 0.15) is 5.82 Å². The standard InChI is InChI=1S/C26H29F2N5O4/c1-35-21-12-18(13-22(36-2)24(21)37-3)31-26-29-9-8-23(32-26)33-10-4-5-17(15-33)25(34)30-14-16-6-7-19(27)20(28)11-16/h6-9,11-13,17H,4-5,10,14-15H2,1-3H3,(H,30,34)(H,29,31,32). The largest absolute Gasteiger partial charge is 0.493 e. The highest BCUT2D eigenvalue weighted by atomic mass is 19.2. The number of nitrogens with one attached hydrogen (secondary N) is 2. The van der Waals surface area contributed by atoms with Crippen molar-refractivity contribution in [2.45, 2.75) is 19.4 Å². The van der Waals surface area contributed by atoms with Crippen LogP contribution in [-0.4, -0.2) is 50.3 Å². The molecule has 0 bridgehead atoms. The second-order valence-electron chi connectivity index (χ2n) is 8.53. The van der Waals surface area contributed by atoms with E-state index in [4.69, 9.17) is 14.2 Å². The van der Waals surface area contributed by atoms with E-state index in [1.54, 1.807) is 38.6 Å². The second-order valence-corrected chi connectivity index (χ2v) is 8.53. The van der Waals surface area contributed by atoms with Crippen LogP contribution in [-0.2, 0) is 11.3 Å². The number of piperidine rings is 1. The normalized spacial score (nSPS) is 15.2. The molecule has 2 aromatic carbocycles. The molecule has 4 rings (SSSR count). The van der Waals surface area contributed by atoms with Crippen molar-refractivity contribution in [1.29, 1.82) is 0 Å². The van der Waals surface area contributed by atoms with Gasteiger partial charge in [-0.15, -0.1) is 0 Å². The van der Waals surface area contributed by atoms with Crippen molar-refractivity contribution in [3.63, 3.8) is 0 Å². The summed E-state index contributed by atoms with van der Waals surface area (Å²) in [7, 11) is 4.62. The summed E-state index contributed by atoms with van der Waals surface area (Å²) in [6.07, 6.45) is 3.18. The molecule has 1 aliphatic rings. The molecule has 0 aliphatic carbocycles. The van der Waals surface area contributed by atoms with E-state index in [0.29, 0.717) is 46.8 Å². The Hall–Kier alpha value is -4.15. The van der Waals surface area contributed by atoms with Gasteiger partial charge in [0.15, 0.2) is 23.1 Å². The maximum atomic E-state index is 13.4. The molecule has 9 nitrogen and oxygen atoms in total. The van der Waals surface area contributed by atoms with Gasteiger partial charge in [-0.3, -0.25) is 4.79 Å². The predicted octanol–water partition coefficient (Wildman–Crippen LogP) is 4.06. The zero-order chi connectivity index (χ0) is 26.4. The van der Waals surface area contributed by atoms with Crippen molar-refractivity contribution in [2.24, 2.45) is 5.92 Å². The lowest BCUT2D eigenvalue weighted by Crippen LogP contribution is -2.43. The lowest BCUT2D eigenvalue weighted by molar-refractivity contribution is -0.125. The van der Waals surface area contributed by atoms with Crippen LogP contribution in [0.1, 0.15) is 18.4 Å². The Morgan fingerprint density at radius 3 is 2.49 bits per heavy atom. The molecule has 1 saturated heterocycles. The average Bonchev–Trinajstić information content (AvgIpc) is 2.93. The Morgan fingerprint density at radius 2 is 1.81 bits per heavy atom. The number of nitrogens with zero attached hydrogens (tertiary/aromatic N) is 3. The van der Waals surface area contributed by atoms with Crippen LogP contribution in [0.25, 0.3) is 0 Å². The van der Waals surface area contributed by atoms with Crippen LogP contribution in [0.3, 0.4) is 0 Å². The van der Waals surface area contributed by atoms with Crippen LogP contribution in [0.2, 0.25) is 0 Å². The molecule has 37 heavy (non-hydrogen) atoms. The monoisotopic (exact) mass is 513 g/mol. The summed E-state index contributed by atoms with van der Waals surface area (Å²) in [6, 6.07) is 8.90. The topological polar surface area (TPSA) is 97.8 Å². The zero-order valence-corrected chi connectivity index (χ0v) is 20.9. The van der Waals surface area contributed by atoms with Gasteiger partial charge in [-0.25, -0.2) is 13.8 Å². The van der Waals surface area contributed by atoms with Crippen molar-refractivity contribution in [3.8, 4) is 17.2 Å². The van der Waals surface area contributed by atoms with Gasteiger partial charge in [-0.2, -0.15) is 4.98 Å². The highest BCUT2D eigenvalue weighted by molar-refractivity contribution is 5.79. The first kappa shape index (κ1) is 25.9. The Labute approximate surface area is 213 Å². The van der Waals surface area contributed by atoms with E-state index in [9.17, 15) is 13.6 Å². The van der Waals surface area contributed by atoms with E-state index in [1.807, 2.05) is 4.90 Å². The van der Waals surface area contributed by atoms with Crippen molar-refractivity contribution in [1.82, 2.24) is 15.3 Å². The Morgan fingerprint density at radius 1 is 1.05 bits per heavy atom. The van der Waals surface area contributed by atoms with E-state index in [-0.39, 0.29) is 18.4 Å². The van der Waals surface area contributed by atoms with Gasteiger partial charge in [-0.1, -0.05) is 6.07 Å². The third-order valence-corrected chi connectivity index (χ3v) is 6.13. The summed E-state index contributed by atoms with van der Waals surface area (Å²) in [5.74, 6) is 0.270. The van der Waals surface area contributed by atoms with Crippen molar-refractivity contribution < 1.29 is 27.8 Å². The number of carbonyl (C=O) groups is 1. The van der Waals surface area contributed by atoms with Crippen molar-refractivity contribution >= 4 is 23.4 Å². The fraction of sp³-hybridized carbons (Fsp3) is 0.346. The van der Waals surface area contributed by atoms with Crippen molar-refractivity contribution in [2.75, 3.05) is 44.6 Å². The number of halogens is 2. The summed E-state index contributed by atoms with van der Waals surface area (Å²) in [5, 5.41) is 5.99. The smallest absolute Gasteiger partial charge is 0.229 e. The number of rotatable bonds is 9. The Bertz CT molecular complexity index is 1230. The summed E-state index contributed by atoms with van der Waals surface area (Å²) in [6.45, 7) is 1.35. The molecule has 1 amide bonds. The molecule has 2 heterocycles. The predicted molar refractivity (Wildman–Crippen MR) is 135 cm³/mol. The zero-order valence-electron chi connectivity index (χ0n) is 20.9. The van der Waals surface area contributed by atoms with Crippen LogP contribution in [0.4, 0.5) is 26.2 Å². The summed E-state index contributed by atoms with van der Waals surface area (Å²) in [4.78, 5) is 23.8. The first-order valence-corrected chi connectivity index (χ1v) is 11.8. The van der Waals surface area contributed by atoms with Crippen molar-refractivity contribution in [3.05, 3.63) is 59.8 Å². The molecule has 196 valence electrons. The molecule has 0 spiro atoms. The lowest BCUT2D eigenvalue weighted by Gasteiger charge is -2.33.